The molecule has 1 aromatic heterocycles. The lowest BCUT2D eigenvalue weighted by atomic mass is 10.1. The second-order valence-electron chi connectivity index (χ2n) is 9.46. The van der Waals surface area contributed by atoms with Crippen LogP contribution in [0.15, 0.2) is 84.1 Å². The number of para-hydroxylation sites is 1. The minimum absolute atomic E-state index is 0.303. The second kappa shape index (κ2) is 13.1. The molecule has 5 rings (SSSR count). The first-order valence-electron chi connectivity index (χ1n) is 13.5. The number of hydrogen-bond donors (Lipinski definition) is 1. The second-order valence-corrected chi connectivity index (χ2v) is 10.5. The van der Waals surface area contributed by atoms with Crippen LogP contribution in [-0.4, -0.2) is 51.2 Å². The molecule has 1 N–H and O–H groups in total. The number of aryl methyl sites for hydroxylation is 2. The third-order valence-electron chi connectivity index (χ3n) is 6.59. The van der Waals surface area contributed by atoms with E-state index in [0.717, 1.165) is 53.5 Å². The molecule has 0 spiro atoms. The molecule has 8 nitrogen and oxygen atoms in total. The van der Waals surface area contributed by atoms with E-state index in [-0.39, 0.29) is 11.8 Å². The Labute approximate surface area is 245 Å². The lowest BCUT2D eigenvalue weighted by Crippen LogP contribution is -2.28. The molecule has 0 aliphatic carbocycles. The van der Waals surface area contributed by atoms with Gasteiger partial charge in [0.1, 0.15) is 12.1 Å². The number of carbonyl (C=O) groups is 1. The molecule has 0 saturated carbocycles. The van der Waals surface area contributed by atoms with E-state index in [4.69, 9.17) is 0 Å². The van der Waals surface area contributed by atoms with Gasteiger partial charge in [-0.2, -0.15) is 4.99 Å². The van der Waals surface area contributed by atoms with Gasteiger partial charge in [-0.1, -0.05) is 61.2 Å². The highest BCUT2D eigenvalue weighted by atomic mass is 32.2. The number of ether oxygens (including phenoxy) is 1. The number of amidine groups is 1. The number of nitrogens with one attached hydrogen (secondary N) is 1. The zero-order valence-corrected chi connectivity index (χ0v) is 23.7. The van der Waals surface area contributed by atoms with Gasteiger partial charge >= 0.3 is 12.4 Å². The SMILES string of the molecule is CCc1ccccc1N1CCSC1=NC(=O)NCCCc1ccc(-c2ncn(-c3ccc(OC(F)(F)F)cc3)n2)cc1. The maximum absolute atomic E-state index is 12.5. The summed E-state index contributed by atoms with van der Waals surface area (Å²) >= 11 is 1.59. The number of amides is 2. The quantitative estimate of drug-likeness (QED) is 0.219. The molecule has 2 heterocycles. The normalized spacial score (nSPS) is 14.4. The van der Waals surface area contributed by atoms with E-state index >= 15 is 0 Å². The number of urea groups is 1. The summed E-state index contributed by atoms with van der Waals surface area (Å²) in [5.74, 6) is 1.08. The minimum Gasteiger partial charge on any atom is -0.406 e. The Morgan fingerprint density at radius 1 is 1.07 bits per heavy atom. The van der Waals surface area contributed by atoms with Gasteiger partial charge in [-0.15, -0.1) is 18.3 Å². The predicted molar refractivity (Wildman–Crippen MR) is 158 cm³/mol. The minimum atomic E-state index is -4.74. The molecule has 4 aromatic rings. The molecule has 1 aliphatic rings. The van der Waals surface area contributed by atoms with Gasteiger partial charge in [0, 0.05) is 30.1 Å². The lowest BCUT2D eigenvalue weighted by molar-refractivity contribution is -0.274. The number of halogens is 3. The fourth-order valence-electron chi connectivity index (χ4n) is 4.55. The van der Waals surface area contributed by atoms with E-state index in [1.807, 2.05) is 36.4 Å². The number of carbonyl (C=O) groups excluding carboxylic acids is 1. The molecule has 0 bridgehead atoms. The first-order valence-corrected chi connectivity index (χ1v) is 14.5. The Bertz CT molecular complexity index is 1540. The number of aromatic nitrogens is 3. The van der Waals surface area contributed by atoms with Gasteiger partial charge < -0.3 is 15.0 Å². The topological polar surface area (TPSA) is 84.6 Å². The van der Waals surface area contributed by atoms with Gasteiger partial charge in [-0.25, -0.2) is 14.5 Å². The zero-order valence-electron chi connectivity index (χ0n) is 22.8. The highest BCUT2D eigenvalue weighted by Gasteiger charge is 2.31. The Kier molecular flexibility index (Phi) is 9.11. The van der Waals surface area contributed by atoms with Crippen molar-refractivity contribution >= 4 is 28.6 Å². The highest BCUT2D eigenvalue weighted by molar-refractivity contribution is 8.14. The number of benzene rings is 3. The predicted octanol–water partition coefficient (Wildman–Crippen LogP) is 6.65. The van der Waals surface area contributed by atoms with Crippen molar-refractivity contribution in [3.05, 3.63) is 90.3 Å². The first kappa shape index (κ1) is 29.2. The summed E-state index contributed by atoms with van der Waals surface area (Å²) < 4.78 is 42.5. The summed E-state index contributed by atoms with van der Waals surface area (Å²) in [5, 5.41) is 8.06. The third-order valence-corrected chi connectivity index (χ3v) is 7.55. The van der Waals surface area contributed by atoms with Crippen molar-refractivity contribution < 1.29 is 22.7 Å². The van der Waals surface area contributed by atoms with Gasteiger partial charge in [-0.05, 0) is 60.7 Å². The van der Waals surface area contributed by atoms with E-state index < -0.39 is 6.36 Å². The van der Waals surface area contributed by atoms with Crippen LogP contribution in [0.2, 0.25) is 0 Å². The summed E-state index contributed by atoms with van der Waals surface area (Å²) in [5.41, 5.74) is 4.80. The van der Waals surface area contributed by atoms with E-state index in [1.165, 1.54) is 40.8 Å². The zero-order chi connectivity index (χ0) is 29.5. The maximum atomic E-state index is 12.5. The van der Waals surface area contributed by atoms with Crippen LogP contribution in [0.4, 0.5) is 23.7 Å². The van der Waals surface area contributed by atoms with Gasteiger partial charge in [0.2, 0.25) is 0 Å². The molecular formula is C30H29F3N6O2S. The third kappa shape index (κ3) is 7.49. The summed E-state index contributed by atoms with van der Waals surface area (Å²) in [7, 11) is 0. The van der Waals surface area contributed by atoms with Crippen molar-refractivity contribution in [1.82, 2.24) is 20.1 Å². The Morgan fingerprint density at radius 2 is 1.83 bits per heavy atom. The molecule has 12 heteroatoms. The highest BCUT2D eigenvalue weighted by Crippen LogP contribution is 2.29. The van der Waals surface area contributed by atoms with E-state index in [2.05, 4.69) is 49.1 Å². The number of thioether (sulfide) groups is 1. The summed E-state index contributed by atoms with van der Waals surface area (Å²) in [4.78, 5) is 23.3. The van der Waals surface area contributed by atoms with Gasteiger partial charge in [0.25, 0.3) is 0 Å². The molecule has 0 radical (unpaired) electrons. The average Bonchev–Trinajstić information content (AvgIpc) is 3.66. The summed E-state index contributed by atoms with van der Waals surface area (Å²) in [6.45, 7) is 3.45. The fourth-order valence-corrected chi connectivity index (χ4v) is 5.50. The Morgan fingerprint density at radius 3 is 2.57 bits per heavy atom. The van der Waals surface area contributed by atoms with E-state index in [0.29, 0.717) is 18.1 Å². The van der Waals surface area contributed by atoms with Gasteiger partial charge in [0.05, 0.1) is 5.69 Å². The smallest absolute Gasteiger partial charge is 0.406 e. The number of hydrogen-bond acceptors (Lipinski definition) is 5. The largest absolute Gasteiger partial charge is 0.573 e. The Balaban J connectivity index is 1.10. The molecular weight excluding hydrogens is 565 g/mol. The molecule has 0 unspecified atom stereocenters. The molecule has 218 valence electrons. The van der Waals surface area contributed by atoms with Crippen LogP contribution >= 0.6 is 11.8 Å². The van der Waals surface area contributed by atoms with E-state index in [9.17, 15) is 18.0 Å². The van der Waals surface area contributed by atoms with Crippen LogP contribution in [0.5, 0.6) is 5.75 Å². The molecule has 1 fully saturated rings. The summed E-state index contributed by atoms with van der Waals surface area (Å²) in [6.07, 6.45) is -0.794. The van der Waals surface area contributed by atoms with Gasteiger partial charge in [-0.3, -0.25) is 0 Å². The van der Waals surface area contributed by atoms with E-state index in [1.54, 1.807) is 11.8 Å². The molecule has 1 saturated heterocycles. The first-order chi connectivity index (χ1) is 20.3. The van der Waals surface area contributed by atoms with Crippen LogP contribution in [-0.2, 0) is 12.8 Å². The van der Waals surface area contributed by atoms with Crippen molar-refractivity contribution in [2.75, 3.05) is 23.7 Å². The van der Waals surface area contributed by atoms with Crippen molar-refractivity contribution in [2.45, 2.75) is 32.5 Å². The fraction of sp³-hybridized carbons (Fsp3) is 0.267. The molecule has 3 aromatic carbocycles. The molecule has 2 amide bonds. The van der Waals surface area contributed by atoms with Crippen molar-refractivity contribution in [3.63, 3.8) is 0 Å². The average molecular weight is 595 g/mol. The standard InChI is InChI=1S/C30H29F3N6O2S/c1-2-22-7-3-4-8-26(22)38-18-19-42-29(38)36-28(40)34-17-5-6-21-9-11-23(12-10-21)27-35-20-39(37-27)24-13-15-25(16-14-24)41-30(31,32)33/h3-4,7-16,20H,2,5-6,17-19H2,1H3,(H,34,40). The van der Waals surface area contributed by atoms with Crippen molar-refractivity contribution in [3.8, 4) is 22.8 Å². The maximum Gasteiger partial charge on any atom is 0.573 e. The van der Waals surface area contributed by atoms with Crippen LogP contribution in [0.3, 0.4) is 0 Å². The molecule has 1 aliphatic heterocycles. The van der Waals surface area contributed by atoms with Gasteiger partial charge in [0.15, 0.2) is 11.0 Å². The van der Waals surface area contributed by atoms with Crippen LogP contribution in [0.1, 0.15) is 24.5 Å². The Hall–Kier alpha value is -4.32. The van der Waals surface area contributed by atoms with Crippen LogP contribution in [0.25, 0.3) is 17.1 Å². The monoisotopic (exact) mass is 594 g/mol. The summed E-state index contributed by atoms with van der Waals surface area (Å²) in [6, 6.07) is 21.1. The lowest BCUT2D eigenvalue weighted by Gasteiger charge is -2.20. The van der Waals surface area contributed by atoms with Crippen molar-refractivity contribution in [1.29, 1.82) is 0 Å². The van der Waals surface area contributed by atoms with Crippen LogP contribution < -0.4 is 15.0 Å². The number of aliphatic imine (C=N–C) groups is 1. The number of rotatable bonds is 9. The number of alkyl halides is 3. The van der Waals surface area contributed by atoms with Crippen LogP contribution in [0, 0.1) is 0 Å². The van der Waals surface area contributed by atoms with Crippen molar-refractivity contribution in [2.24, 2.45) is 4.99 Å². The number of anilines is 1. The molecule has 0 atom stereocenters. The molecule has 42 heavy (non-hydrogen) atoms. The number of nitrogens with zero attached hydrogens (tertiary/aromatic N) is 5.